The maximum Gasteiger partial charge on any atom is 0.271 e. The first-order chi connectivity index (χ1) is 13.5. The summed E-state index contributed by atoms with van der Waals surface area (Å²) in [5.74, 6) is 0.174. The first-order valence-electron chi connectivity index (χ1n) is 8.57. The minimum atomic E-state index is -0.993. The molecular weight excluding hydrogens is 380 g/mol. The molecule has 4 rings (SSSR count). The third kappa shape index (κ3) is 2.87. The lowest BCUT2D eigenvalue weighted by Crippen LogP contribution is -2.49. The Labute approximate surface area is 166 Å². The van der Waals surface area contributed by atoms with Crippen molar-refractivity contribution < 1.29 is 9.59 Å². The van der Waals surface area contributed by atoms with Crippen LogP contribution in [0.2, 0.25) is 0 Å². The van der Waals surface area contributed by atoms with E-state index in [0.717, 1.165) is 11.3 Å². The quantitative estimate of drug-likeness (QED) is 0.540. The molecule has 8 nitrogen and oxygen atoms in total. The second-order valence-electron chi connectivity index (χ2n) is 6.43. The molecule has 1 unspecified atom stereocenters. The van der Waals surface area contributed by atoms with E-state index >= 15 is 0 Å². The van der Waals surface area contributed by atoms with Crippen molar-refractivity contribution >= 4 is 35.4 Å². The number of benzene rings is 1. The molecule has 1 aromatic heterocycles. The van der Waals surface area contributed by atoms with Gasteiger partial charge in [-0.25, -0.2) is 9.97 Å². The number of fused-ring (bicyclic) bond motifs is 2. The summed E-state index contributed by atoms with van der Waals surface area (Å²) in [7, 11) is 0. The standard InChI is InChI=1S/C19H17ClN6O2/c1-12(24-16-6-7-21-10-23-16)8-14(20)17-18(28)25-19(26(17)11-27)9-22-15-5-3-2-4-13(15)19/h2-8,10-11,22H,9H2,1H3,(H,25,28)(H,21,23,24)/b12-8+,17-14+. The fourth-order valence-electron chi connectivity index (χ4n) is 3.48. The third-order valence-corrected chi connectivity index (χ3v) is 4.97. The number of halogens is 1. The molecule has 1 fully saturated rings. The Hall–Kier alpha value is -3.39. The van der Waals surface area contributed by atoms with Crippen molar-refractivity contribution in [3.63, 3.8) is 0 Å². The summed E-state index contributed by atoms with van der Waals surface area (Å²) in [4.78, 5) is 34.0. The van der Waals surface area contributed by atoms with E-state index in [-0.39, 0.29) is 10.7 Å². The molecular formula is C19H17ClN6O2. The smallest absolute Gasteiger partial charge is 0.271 e. The zero-order valence-electron chi connectivity index (χ0n) is 14.9. The summed E-state index contributed by atoms with van der Waals surface area (Å²) < 4.78 is 0. The van der Waals surface area contributed by atoms with Gasteiger partial charge in [0.15, 0.2) is 5.66 Å². The van der Waals surface area contributed by atoms with E-state index in [4.69, 9.17) is 11.6 Å². The molecule has 142 valence electrons. The van der Waals surface area contributed by atoms with E-state index in [1.165, 1.54) is 11.2 Å². The molecule has 2 aliphatic rings. The van der Waals surface area contributed by atoms with Crippen LogP contribution in [-0.2, 0) is 15.3 Å². The zero-order valence-corrected chi connectivity index (χ0v) is 15.7. The predicted molar refractivity (Wildman–Crippen MR) is 105 cm³/mol. The SMILES string of the molecule is C/C(=C\C(Cl)=C1\C(=O)NC2(CNc3ccccc32)N1C=O)Nc1ccncn1. The average molecular weight is 397 g/mol. The molecule has 0 aliphatic carbocycles. The molecule has 3 N–H and O–H groups in total. The number of anilines is 2. The number of aromatic nitrogens is 2. The molecule has 2 amide bonds. The van der Waals surface area contributed by atoms with Gasteiger partial charge in [0.2, 0.25) is 6.41 Å². The lowest BCUT2D eigenvalue weighted by molar-refractivity contribution is -0.120. The second kappa shape index (κ2) is 6.97. The van der Waals surface area contributed by atoms with E-state index in [9.17, 15) is 9.59 Å². The number of hydrogen-bond acceptors (Lipinski definition) is 6. The molecule has 3 heterocycles. The Bertz CT molecular complexity index is 1010. The lowest BCUT2D eigenvalue weighted by Gasteiger charge is -2.31. The van der Waals surface area contributed by atoms with Crippen molar-refractivity contribution in [3.8, 4) is 0 Å². The topological polar surface area (TPSA) is 99.2 Å². The molecule has 0 saturated carbocycles. The fourth-order valence-corrected chi connectivity index (χ4v) is 3.82. The monoisotopic (exact) mass is 396 g/mol. The van der Waals surface area contributed by atoms with Gasteiger partial charge in [-0.2, -0.15) is 0 Å². The minimum absolute atomic E-state index is 0.0963. The van der Waals surface area contributed by atoms with Crippen LogP contribution in [0.25, 0.3) is 0 Å². The van der Waals surface area contributed by atoms with Gasteiger partial charge in [-0.1, -0.05) is 29.8 Å². The van der Waals surface area contributed by atoms with Crippen LogP contribution in [0.4, 0.5) is 11.5 Å². The van der Waals surface area contributed by atoms with Gasteiger partial charge in [0.1, 0.15) is 17.8 Å². The Kier molecular flexibility index (Phi) is 4.48. The highest BCUT2D eigenvalue weighted by molar-refractivity contribution is 6.34. The Balaban J connectivity index is 1.70. The van der Waals surface area contributed by atoms with Crippen LogP contribution in [-0.4, -0.2) is 33.7 Å². The van der Waals surface area contributed by atoms with Crippen LogP contribution in [0.15, 0.2) is 65.4 Å². The second-order valence-corrected chi connectivity index (χ2v) is 6.84. The average Bonchev–Trinajstić information content (AvgIpc) is 3.20. The van der Waals surface area contributed by atoms with Gasteiger partial charge in [-0.05, 0) is 25.1 Å². The number of carbonyl (C=O) groups excluding carboxylic acids is 2. The number of allylic oxidation sites excluding steroid dienone is 3. The van der Waals surface area contributed by atoms with Gasteiger partial charge < -0.3 is 16.0 Å². The number of hydrogen-bond donors (Lipinski definition) is 3. The van der Waals surface area contributed by atoms with E-state index in [0.29, 0.717) is 24.5 Å². The van der Waals surface area contributed by atoms with E-state index in [2.05, 4.69) is 25.9 Å². The van der Waals surface area contributed by atoms with Crippen LogP contribution < -0.4 is 16.0 Å². The molecule has 0 radical (unpaired) electrons. The summed E-state index contributed by atoms with van der Waals surface area (Å²) >= 11 is 6.45. The zero-order chi connectivity index (χ0) is 19.7. The highest BCUT2D eigenvalue weighted by atomic mass is 35.5. The van der Waals surface area contributed by atoms with Gasteiger partial charge in [-0.15, -0.1) is 0 Å². The van der Waals surface area contributed by atoms with Crippen molar-refractivity contribution in [2.24, 2.45) is 0 Å². The number of nitrogens with one attached hydrogen (secondary N) is 3. The molecule has 2 aliphatic heterocycles. The number of nitrogens with zero attached hydrogens (tertiary/aromatic N) is 3. The molecule has 9 heteroatoms. The third-order valence-electron chi connectivity index (χ3n) is 4.68. The number of amides is 2. The maximum absolute atomic E-state index is 12.7. The predicted octanol–water partition coefficient (Wildman–Crippen LogP) is 2.11. The van der Waals surface area contributed by atoms with Crippen LogP contribution in [0.3, 0.4) is 0 Å². The van der Waals surface area contributed by atoms with E-state index in [1.54, 1.807) is 25.3 Å². The molecule has 2 aromatic rings. The fraction of sp³-hybridized carbons (Fsp3) is 0.158. The first-order valence-corrected chi connectivity index (χ1v) is 8.94. The van der Waals surface area contributed by atoms with Gasteiger partial charge in [0, 0.05) is 23.1 Å². The number of para-hydroxylation sites is 1. The van der Waals surface area contributed by atoms with Crippen LogP contribution in [0.5, 0.6) is 0 Å². The van der Waals surface area contributed by atoms with Gasteiger partial charge in [0.05, 0.1) is 11.6 Å². The van der Waals surface area contributed by atoms with E-state index < -0.39 is 11.6 Å². The lowest BCUT2D eigenvalue weighted by atomic mass is 10.0. The molecule has 1 spiro atoms. The summed E-state index contributed by atoms with van der Waals surface area (Å²) in [5, 5.41) is 9.35. The van der Waals surface area contributed by atoms with Crippen molar-refractivity contribution in [2.75, 3.05) is 17.2 Å². The van der Waals surface area contributed by atoms with Gasteiger partial charge in [0.25, 0.3) is 5.91 Å². The largest absolute Gasteiger partial charge is 0.380 e. The summed E-state index contributed by atoms with van der Waals surface area (Å²) in [5.41, 5.74) is 1.44. The van der Waals surface area contributed by atoms with E-state index in [1.807, 2.05) is 24.3 Å². The van der Waals surface area contributed by atoms with Crippen molar-refractivity contribution in [2.45, 2.75) is 12.6 Å². The van der Waals surface area contributed by atoms with Crippen molar-refractivity contribution in [1.29, 1.82) is 0 Å². The summed E-state index contributed by atoms with van der Waals surface area (Å²) in [6.45, 7) is 2.14. The van der Waals surface area contributed by atoms with Crippen molar-refractivity contribution in [3.05, 3.63) is 70.9 Å². The van der Waals surface area contributed by atoms with Crippen LogP contribution in [0, 0.1) is 0 Å². The summed E-state index contributed by atoms with van der Waals surface area (Å²) in [6, 6.07) is 9.23. The maximum atomic E-state index is 12.7. The Morgan fingerprint density at radius 1 is 1.36 bits per heavy atom. The molecule has 1 saturated heterocycles. The molecule has 1 aromatic carbocycles. The molecule has 28 heavy (non-hydrogen) atoms. The normalized spacial score (nSPS) is 22.6. The highest BCUT2D eigenvalue weighted by Gasteiger charge is 2.53. The molecule has 1 atom stereocenters. The number of carbonyl (C=O) groups is 2. The number of rotatable bonds is 4. The van der Waals surface area contributed by atoms with Crippen LogP contribution in [0.1, 0.15) is 12.5 Å². The van der Waals surface area contributed by atoms with Gasteiger partial charge in [-0.3, -0.25) is 14.5 Å². The van der Waals surface area contributed by atoms with Crippen molar-refractivity contribution in [1.82, 2.24) is 20.2 Å². The minimum Gasteiger partial charge on any atom is -0.380 e. The first kappa shape index (κ1) is 18.0. The van der Waals surface area contributed by atoms with Crippen LogP contribution >= 0.6 is 11.6 Å². The van der Waals surface area contributed by atoms with Gasteiger partial charge >= 0.3 is 0 Å². The Morgan fingerprint density at radius 2 is 2.18 bits per heavy atom. The highest BCUT2D eigenvalue weighted by Crippen LogP contribution is 2.43. The Morgan fingerprint density at radius 3 is 2.93 bits per heavy atom. The molecule has 0 bridgehead atoms. The summed E-state index contributed by atoms with van der Waals surface area (Å²) in [6.07, 6.45) is 5.24.